The van der Waals surface area contributed by atoms with Gasteiger partial charge in [0.2, 0.25) is 10.0 Å². The van der Waals surface area contributed by atoms with Gasteiger partial charge in [0.1, 0.15) is 5.21 Å². The van der Waals surface area contributed by atoms with Crippen LogP contribution in [-0.4, -0.2) is 30.0 Å². The maximum Gasteiger partial charge on any atom is 0.228 e. The molecule has 0 aliphatic carbocycles. The Balaban J connectivity index is 4.93. The second kappa shape index (κ2) is 4.44. The number of sulfonamides is 1. The van der Waals surface area contributed by atoms with Crippen molar-refractivity contribution in [2.75, 3.05) is 11.8 Å². The summed E-state index contributed by atoms with van der Waals surface area (Å²) in [5.41, 5.74) is -0.456. The maximum absolute atomic E-state index is 11.5. The monoisotopic (exact) mass is 225 g/mol. The van der Waals surface area contributed by atoms with E-state index in [4.69, 9.17) is 11.6 Å². The number of hydrogen-bond acceptors (Lipinski definition) is 2. The van der Waals surface area contributed by atoms with Crippen molar-refractivity contribution in [3.05, 3.63) is 12.7 Å². The van der Waals surface area contributed by atoms with Gasteiger partial charge in [-0.05, 0) is 20.8 Å². The lowest BCUT2D eigenvalue weighted by atomic mass is 10.1. The van der Waals surface area contributed by atoms with Crippen LogP contribution < -0.4 is 0 Å². The fraction of sp³-hybridized carbons (Fsp3) is 0.750. The first-order valence-corrected chi connectivity index (χ1v) is 6.07. The highest BCUT2D eigenvalue weighted by molar-refractivity contribution is 7.90. The van der Waals surface area contributed by atoms with Crippen molar-refractivity contribution in [2.24, 2.45) is 0 Å². The van der Waals surface area contributed by atoms with E-state index in [9.17, 15) is 8.42 Å². The van der Waals surface area contributed by atoms with E-state index in [0.717, 1.165) is 0 Å². The van der Waals surface area contributed by atoms with Crippen molar-refractivity contribution >= 4 is 21.6 Å². The second-order valence-electron chi connectivity index (χ2n) is 3.71. The number of alkyl halides is 1. The van der Waals surface area contributed by atoms with Gasteiger partial charge in [-0.25, -0.2) is 8.42 Å². The van der Waals surface area contributed by atoms with Gasteiger partial charge in [-0.15, -0.1) is 18.2 Å². The molecule has 0 bridgehead atoms. The summed E-state index contributed by atoms with van der Waals surface area (Å²) in [5, 5.41) is -0.391. The zero-order valence-corrected chi connectivity index (χ0v) is 9.82. The molecule has 0 heterocycles. The van der Waals surface area contributed by atoms with Crippen molar-refractivity contribution in [3.63, 3.8) is 0 Å². The number of hydrogen-bond donors (Lipinski definition) is 0. The molecule has 5 heteroatoms. The van der Waals surface area contributed by atoms with Crippen LogP contribution >= 0.6 is 11.6 Å². The quantitative estimate of drug-likeness (QED) is 0.541. The van der Waals surface area contributed by atoms with Gasteiger partial charge >= 0.3 is 0 Å². The molecule has 0 fully saturated rings. The molecule has 0 saturated carbocycles. The molecule has 0 aliphatic rings. The number of halogens is 1. The lowest BCUT2D eigenvalue weighted by Gasteiger charge is -2.32. The Bertz CT molecular complexity index is 266. The molecule has 0 aromatic carbocycles. The standard InChI is InChI=1S/C8H16ClNO2S/c1-5-6-10(8(2,3)4)13(11,12)7-9/h5H,1,6-7H2,2-4H3. The Kier molecular flexibility index (Phi) is 4.42. The molecule has 78 valence electrons. The summed E-state index contributed by atoms with van der Waals surface area (Å²) < 4.78 is 24.3. The van der Waals surface area contributed by atoms with Crippen LogP contribution in [0.15, 0.2) is 12.7 Å². The van der Waals surface area contributed by atoms with Gasteiger partial charge in [0.25, 0.3) is 0 Å². The van der Waals surface area contributed by atoms with Crippen LogP contribution in [0.2, 0.25) is 0 Å². The molecule has 3 nitrogen and oxygen atoms in total. The Morgan fingerprint density at radius 2 is 1.92 bits per heavy atom. The fourth-order valence-electron chi connectivity index (χ4n) is 0.981. The fourth-order valence-corrected chi connectivity index (χ4v) is 2.62. The molecule has 0 saturated heterocycles. The molecule has 0 spiro atoms. The molecule has 0 aliphatic heterocycles. The maximum atomic E-state index is 11.5. The third kappa shape index (κ3) is 3.67. The molecule has 0 aromatic rings. The van der Waals surface area contributed by atoms with Crippen LogP contribution in [0.3, 0.4) is 0 Å². The van der Waals surface area contributed by atoms with E-state index >= 15 is 0 Å². The van der Waals surface area contributed by atoms with Gasteiger partial charge in [0, 0.05) is 12.1 Å². The summed E-state index contributed by atoms with van der Waals surface area (Å²) in [5.74, 6) is 0. The Morgan fingerprint density at radius 3 is 2.15 bits per heavy atom. The summed E-state index contributed by atoms with van der Waals surface area (Å²) in [7, 11) is -3.35. The molecule has 13 heavy (non-hydrogen) atoms. The van der Waals surface area contributed by atoms with Gasteiger partial charge in [0.15, 0.2) is 0 Å². The summed E-state index contributed by atoms with van der Waals surface area (Å²) in [6.07, 6.45) is 1.55. The minimum Gasteiger partial charge on any atom is -0.211 e. The van der Waals surface area contributed by atoms with E-state index < -0.39 is 20.8 Å². The number of nitrogens with zero attached hydrogens (tertiary/aromatic N) is 1. The summed E-state index contributed by atoms with van der Waals surface area (Å²) in [6, 6.07) is 0. The topological polar surface area (TPSA) is 37.4 Å². The van der Waals surface area contributed by atoms with Crippen molar-refractivity contribution in [1.29, 1.82) is 0 Å². The van der Waals surface area contributed by atoms with Crippen LogP contribution in [0.4, 0.5) is 0 Å². The van der Waals surface area contributed by atoms with Gasteiger partial charge in [-0.1, -0.05) is 6.08 Å². The average Bonchev–Trinajstić information content (AvgIpc) is 1.98. The van der Waals surface area contributed by atoms with Crippen molar-refractivity contribution in [1.82, 2.24) is 4.31 Å². The van der Waals surface area contributed by atoms with Crippen LogP contribution in [-0.2, 0) is 10.0 Å². The third-order valence-electron chi connectivity index (χ3n) is 1.52. The van der Waals surface area contributed by atoms with Gasteiger partial charge < -0.3 is 0 Å². The molecular formula is C8H16ClNO2S. The van der Waals surface area contributed by atoms with E-state index in [1.807, 2.05) is 20.8 Å². The Labute approximate surface area is 85.4 Å². The minimum atomic E-state index is -3.35. The lowest BCUT2D eigenvalue weighted by Crippen LogP contribution is -2.45. The Morgan fingerprint density at radius 1 is 1.46 bits per heavy atom. The van der Waals surface area contributed by atoms with E-state index in [1.165, 1.54) is 4.31 Å². The second-order valence-corrected chi connectivity index (χ2v) is 6.19. The number of rotatable bonds is 4. The summed E-state index contributed by atoms with van der Waals surface area (Å²) in [6.45, 7) is 9.26. The van der Waals surface area contributed by atoms with Crippen molar-refractivity contribution < 1.29 is 8.42 Å². The third-order valence-corrected chi connectivity index (χ3v) is 3.99. The van der Waals surface area contributed by atoms with Crippen LogP contribution in [0.25, 0.3) is 0 Å². The SMILES string of the molecule is C=CCN(C(C)(C)C)S(=O)(=O)CCl. The highest BCUT2D eigenvalue weighted by atomic mass is 35.5. The Hall–Kier alpha value is -0.0600. The van der Waals surface area contributed by atoms with E-state index in [1.54, 1.807) is 6.08 Å². The molecule has 0 radical (unpaired) electrons. The van der Waals surface area contributed by atoms with Crippen molar-refractivity contribution in [2.45, 2.75) is 26.3 Å². The summed E-state index contributed by atoms with van der Waals surface area (Å²) >= 11 is 5.37. The van der Waals surface area contributed by atoms with E-state index in [-0.39, 0.29) is 0 Å². The van der Waals surface area contributed by atoms with E-state index in [2.05, 4.69) is 6.58 Å². The lowest BCUT2D eigenvalue weighted by molar-refractivity contribution is 0.271. The highest BCUT2D eigenvalue weighted by Gasteiger charge is 2.30. The normalized spacial score (nSPS) is 13.3. The van der Waals surface area contributed by atoms with Gasteiger partial charge in [0.05, 0.1) is 0 Å². The molecule has 0 N–H and O–H groups in total. The minimum absolute atomic E-state index is 0.290. The molecule has 0 unspecified atom stereocenters. The van der Waals surface area contributed by atoms with Crippen molar-refractivity contribution in [3.8, 4) is 0 Å². The zero-order valence-electron chi connectivity index (χ0n) is 8.25. The van der Waals surface area contributed by atoms with Gasteiger partial charge in [-0.2, -0.15) is 4.31 Å². The molecular weight excluding hydrogens is 210 g/mol. The first kappa shape index (κ1) is 12.9. The largest absolute Gasteiger partial charge is 0.228 e. The zero-order chi connectivity index (χ0) is 10.7. The smallest absolute Gasteiger partial charge is 0.211 e. The van der Waals surface area contributed by atoms with Crippen LogP contribution in [0.5, 0.6) is 0 Å². The summed E-state index contributed by atoms with van der Waals surface area (Å²) in [4.78, 5) is 0. The van der Waals surface area contributed by atoms with E-state index in [0.29, 0.717) is 6.54 Å². The molecule has 0 amide bonds. The first-order valence-electron chi connectivity index (χ1n) is 3.93. The first-order chi connectivity index (χ1) is 5.75. The molecule has 0 atom stereocenters. The van der Waals surface area contributed by atoms with Crippen LogP contribution in [0.1, 0.15) is 20.8 Å². The molecule has 0 rings (SSSR count). The van der Waals surface area contributed by atoms with Crippen LogP contribution in [0, 0.1) is 0 Å². The molecule has 0 aromatic heterocycles. The van der Waals surface area contributed by atoms with Gasteiger partial charge in [-0.3, -0.25) is 0 Å². The predicted octanol–water partition coefficient (Wildman–Crippen LogP) is 1.80. The highest BCUT2D eigenvalue weighted by Crippen LogP contribution is 2.18. The average molecular weight is 226 g/mol. The predicted molar refractivity (Wildman–Crippen MR) is 56.3 cm³/mol.